The summed E-state index contributed by atoms with van der Waals surface area (Å²) in [7, 11) is 2.11. The Morgan fingerprint density at radius 1 is 1.15 bits per heavy atom. The van der Waals surface area contributed by atoms with Crippen molar-refractivity contribution in [2.75, 3.05) is 18.5 Å². The van der Waals surface area contributed by atoms with Gasteiger partial charge in [0.25, 0.3) is 0 Å². The van der Waals surface area contributed by atoms with Crippen LogP contribution in [0.25, 0.3) is 0 Å². The maximum absolute atomic E-state index is 5.66. The minimum Gasteiger partial charge on any atom is -0.464 e. The fourth-order valence-corrected chi connectivity index (χ4v) is 2.32. The van der Waals surface area contributed by atoms with Gasteiger partial charge in [-0.15, -0.1) is 0 Å². The maximum atomic E-state index is 5.66. The van der Waals surface area contributed by atoms with Crippen molar-refractivity contribution in [2.45, 2.75) is 33.4 Å². The van der Waals surface area contributed by atoms with Crippen molar-refractivity contribution in [2.24, 2.45) is 0 Å². The number of hydrogen-bond acceptors (Lipinski definition) is 3. The minimum absolute atomic E-state index is 0.790. The molecule has 0 amide bonds. The standard InChI is InChI=1S/C17H24N2O/c1-4-11-18-12-15-7-5-6-8-17(15)19(3)13-16-10-9-14(2)20-16/h5-10,18H,4,11-13H2,1-3H3. The predicted molar refractivity (Wildman–Crippen MR) is 84.0 cm³/mol. The Labute approximate surface area is 121 Å². The summed E-state index contributed by atoms with van der Waals surface area (Å²) in [6.45, 7) is 6.91. The zero-order chi connectivity index (χ0) is 14.4. The zero-order valence-electron chi connectivity index (χ0n) is 12.6. The van der Waals surface area contributed by atoms with Crippen LogP contribution in [0.4, 0.5) is 5.69 Å². The van der Waals surface area contributed by atoms with Gasteiger partial charge in [-0.3, -0.25) is 0 Å². The van der Waals surface area contributed by atoms with Crippen LogP contribution in [0.15, 0.2) is 40.8 Å². The number of para-hydroxylation sites is 1. The largest absolute Gasteiger partial charge is 0.464 e. The van der Waals surface area contributed by atoms with E-state index in [0.717, 1.165) is 37.6 Å². The topological polar surface area (TPSA) is 28.4 Å². The van der Waals surface area contributed by atoms with Crippen molar-refractivity contribution < 1.29 is 4.42 Å². The van der Waals surface area contributed by atoms with Gasteiger partial charge in [0.05, 0.1) is 6.54 Å². The minimum atomic E-state index is 0.790. The van der Waals surface area contributed by atoms with E-state index in [1.165, 1.54) is 11.3 Å². The van der Waals surface area contributed by atoms with Crippen molar-refractivity contribution in [3.63, 3.8) is 0 Å². The smallest absolute Gasteiger partial charge is 0.123 e. The summed E-state index contributed by atoms with van der Waals surface area (Å²) < 4.78 is 5.66. The molecule has 0 saturated heterocycles. The molecule has 2 aromatic rings. The van der Waals surface area contributed by atoms with Gasteiger partial charge >= 0.3 is 0 Å². The third kappa shape index (κ3) is 3.87. The van der Waals surface area contributed by atoms with E-state index in [0.29, 0.717) is 0 Å². The third-order valence-electron chi connectivity index (χ3n) is 3.33. The van der Waals surface area contributed by atoms with Gasteiger partial charge in [0.2, 0.25) is 0 Å². The fraction of sp³-hybridized carbons (Fsp3) is 0.412. The number of aryl methyl sites for hydroxylation is 1. The molecule has 3 nitrogen and oxygen atoms in total. The van der Waals surface area contributed by atoms with Gasteiger partial charge in [-0.05, 0) is 43.7 Å². The van der Waals surface area contributed by atoms with Gasteiger partial charge in [-0.1, -0.05) is 25.1 Å². The molecule has 2 rings (SSSR count). The second-order valence-corrected chi connectivity index (χ2v) is 5.17. The number of hydrogen-bond donors (Lipinski definition) is 1. The molecule has 0 aliphatic rings. The summed E-state index contributed by atoms with van der Waals surface area (Å²) in [5, 5.41) is 3.46. The molecule has 1 heterocycles. The van der Waals surface area contributed by atoms with Crippen LogP contribution in [0, 0.1) is 6.92 Å². The van der Waals surface area contributed by atoms with Crippen LogP contribution in [-0.4, -0.2) is 13.6 Å². The summed E-state index contributed by atoms with van der Waals surface area (Å²) in [5.41, 5.74) is 2.58. The SMILES string of the molecule is CCCNCc1ccccc1N(C)Cc1ccc(C)o1. The first-order valence-electron chi connectivity index (χ1n) is 7.25. The van der Waals surface area contributed by atoms with Crippen molar-refractivity contribution >= 4 is 5.69 Å². The normalized spacial score (nSPS) is 10.8. The summed E-state index contributed by atoms with van der Waals surface area (Å²) in [5.74, 6) is 1.97. The van der Waals surface area contributed by atoms with Crippen LogP contribution in [0.1, 0.15) is 30.4 Å². The molecule has 0 aliphatic heterocycles. The highest BCUT2D eigenvalue weighted by Crippen LogP contribution is 2.21. The second-order valence-electron chi connectivity index (χ2n) is 5.17. The van der Waals surface area contributed by atoms with Gasteiger partial charge < -0.3 is 14.6 Å². The number of nitrogens with zero attached hydrogens (tertiary/aromatic N) is 1. The Kier molecular flexibility index (Phi) is 5.24. The lowest BCUT2D eigenvalue weighted by Crippen LogP contribution is -2.20. The highest BCUT2D eigenvalue weighted by atomic mass is 16.3. The Morgan fingerprint density at radius 2 is 1.95 bits per heavy atom. The van der Waals surface area contributed by atoms with E-state index >= 15 is 0 Å². The molecule has 0 atom stereocenters. The third-order valence-corrected chi connectivity index (χ3v) is 3.33. The number of benzene rings is 1. The van der Waals surface area contributed by atoms with Crippen LogP contribution in [-0.2, 0) is 13.1 Å². The van der Waals surface area contributed by atoms with Crippen molar-refractivity contribution in [1.29, 1.82) is 0 Å². The van der Waals surface area contributed by atoms with Crippen molar-refractivity contribution in [3.8, 4) is 0 Å². The Bertz CT molecular complexity index is 533. The van der Waals surface area contributed by atoms with Crippen LogP contribution in [0.3, 0.4) is 0 Å². The van der Waals surface area contributed by atoms with E-state index in [1.54, 1.807) is 0 Å². The number of anilines is 1. The first kappa shape index (κ1) is 14.7. The number of nitrogens with one attached hydrogen (secondary N) is 1. The lowest BCUT2D eigenvalue weighted by molar-refractivity contribution is 0.481. The second kappa shape index (κ2) is 7.15. The lowest BCUT2D eigenvalue weighted by Gasteiger charge is -2.21. The first-order valence-corrected chi connectivity index (χ1v) is 7.25. The molecule has 108 valence electrons. The number of furan rings is 1. The molecule has 0 spiro atoms. The molecular weight excluding hydrogens is 248 g/mol. The molecule has 0 fully saturated rings. The van der Waals surface area contributed by atoms with Crippen LogP contribution >= 0.6 is 0 Å². The van der Waals surface area contributed by atoms with Crippen LogP contribution in [0.5, 0.6) is 0 Å². The molecule has 1 N–H and O–H groups in total. The van der Waals surface area contributed by atoms with E-state index in [-0.39, 0.29) is 0 Å². The number of rotatable bonds is 7. The van der Waals surface area contributed by atoms with E-state index in [2.05, 4.69) is 48.5 Å². The van der Waals surface area contributed by atoms with E-state index < -0.39 is 0 Å². The molecule has 0 saturated carbocycles. The summed E-state index contributed by atoms with van der Waals surface area (Å²) in [4.78, 5) is 2.24. The molecule has 0 unspecified atom stereocenters. The van der Waals surface area contributed by atoms with E-state index in [4.69, 9.17) is 4.42 Å². The van der Waals surface area contributed by atoms with Gasteiger partial charge in [-0.2, -0.15) is 0 Å². The predicted octanol–water partition coefficient (Wildman–Crippen LogP) is 3.72. The average Bonchev–Trinajstić information content (AvgIpc) is 2.85. The summed E-state index contributed by atoms with van der Waals surface area (Å²) in [6, 6.07) is 12.6. The monoisotopic (exact) mass is 272 g/mol. The first-order chi connectivity index (χ1) is 9.70. The highest BCUT2D eigenvalue weighted by Gasteiger charge is 2.09. The Hall–Kier alpha value is -1.74. The average molecular weight is 272 g/mol. The van der Waals surface area contributed by atoms with E-state index in [9.17, 15) is 0 Å². The molecule has 0 aliphatic carbocycles. The fourth-order valence-electron chi connectivity index (χ4n) is 2.32. The van der Waals surface area contributed by atoms with Gasteiger partial charge in [-0.25, -0.2) is 0 Å². The molecule has 3 heteroatoms. The Balaban J connectivity index is 2.06. The molecule has 0 bridgehead atoms. The molecule has 1 aromatic heterocycles. The molecule has 20 heavy (non-hydrogen) atoms. The molecule has 1 aromatic carbocycles. The summed E-state index contributed by atoms with van der Waals surface area (Å²) >= 11 is 0. The lowest BCUT2D eigenvalue weighted by atomic mass is 10.1. The quantitative estimate of drug-likeness (QED) is 0.779. The zero-order valence-corrected chi connectivity index (χ0v) is 12.6. The summed E-state index contributed by atoms with van der Waals surface area (Å²) in [6.07, 6.45) is 1.16. The van der Waals surface area contributed by atoms with Gasteiger partial charge in [0.1, 0.15) is 11.5 Å². The van der Waals surface area contributed by atoms with Crippen molar-refractivity contribution in [1.82, 2.24) is 5.32 Å². The Morgan fingerprint density at radius 3 is 2.65 bits per heavy atom. The van der Waals surface area contributed by atoms with Crippen molar-refractivity contribution in [3.05, 3.63) is 53.5 Å². The van der Waals surface area contributed by atoms with Crippen LogP contribution < -0.4 is 10.2 Å². The molecule has 0 radical (unpaired) electrons. The van der Waals surface area contributed by atoms with E-state index in [1.807, 2.05) is 19.1 Å². The van der Waals surface area contributed by atoms with Crippen LogP contribution in [0.2, 0.25) is 0 Å². The maximum Gasteiger partial charge on any atom is 0.123 e. The molecular formula is C17H24N2O. The highest BCUT2D eigenvalue weighted by molar-refractivity contribution is 5.53. The van der Waals surface area contributed by atoms with Gasteiger partial charge in [0.15, 0.2) is 0 Å². The van der Waals surface area contributed by atoms with Gasteiger partial charge in [0, 0.05) is 19.3 Å².